The van der Waals surface area contributed by atoms with Gasteiger partial charge < -0.3 is 5.32 Å². The Balaban J connectivity index is 2.13. The van der Waals surface area contributed by atoms with E-state index < -0.39 is 10.0 Å². The highest BCUT2D eigenvalue weighted by atomic mass is 35.5. The van der Waals surface area contributed by atoms with Crippen molar-refractivity contribution in [1.29, 1.82) is 0 Å². The standard InChI is InChI=1S/C13H18Cl2N2O2S/c1-17(9-10-4-2-3-7-16-10)20(18,19)11-5-6-12(14)13(15)8-11/h5-6,8,10,16H,2-4,7,9H2,1H3. The molecule has 1 aliphatic rings. The van der Waals surface area contributed by atoms with E-state index in [4.69, 9.17) is 23.2 Å². The van der Waals surface area contributed by atoms with Crippen molar-refractivity contribution in [2.24, 2.45) is 0 Å². The molecule has 1 atom stereocenters. The maximum absolute atomic E-state index is 12.5. The van der Waals surface area contributed by atoms with Gasteiger partial charge >= 0.3 is 0 Å². The number of rotatable bonds is 4. The smallest absolute Gasteiger partial charge is 0.242 e. The molecule has 0 bridgehead atoms. The fraction of sp³-hybridized carbons (Fsp3) is 0.538. The molecule has 0 aliphatic carbocycles. The molecule has 2 rings (SSSR count). The Hall–Kier alpha value is -0.330. The van der Waals surface area contributed by atoms with Crippen LogP contribution >= 0.6 is 23.2 Å². The monoisotopic (exact) mass is 336 g/mol. The number of nitrogens with zero attached hydrogens (tertiary/aromatic N) is 1. The summed E-state index contributed by atoms with van der Waals surface area (Å²) in [6.45, 7) is 1.41. The van der Waals surface area contributed by atoms with Crippen LogP contribution in [-0.4, -0.2) is 38.9 Å². The first-order valence-electron chi connectivity index (χ1n) is 6.56. The topological polar surface area (TPSA) is 49.4 Å². The van der Waals surface area contributed by atoms with Crippen molar-refractivity contribution in [1.82, 2.24) is 9.62 Å². The molecule has 7 heteroatoms. The van der Waals surface area contributed by atoms with E-state index in [9.17, 15) is 8.42 Å². The number of nitrogens with one attached hydrogen (secondary N) is 1. The Morgan fingerprint density at radius 1 is 1.30 bits per heavy atom. The van der Waals surface area contributed by atoms with Gasteiger partial charge in [0.05, 0.1) is 14.9 Å². The highest BCUT2D eigenvalue weighted by Crippen LogP contribution is 2.26. The van der Waals surface area contributed by atoms with Crippen LogP contribution in [0.4, 0.5) is 0 Å². The molecule has 1 saturated heterocycles. The normalized spacial score (nSPS) is 20.3. The van der Waals surface area contributed by atoms with E-state index in [1.54, 1.807) is 7.05 Å². The number of benzene rings is 1. The summed E-state index contributed by atoms with van der Waals surface area (Å²) in [7, 11) is -1.94. The van der Waals surface area contributed by atoms with Crippen LogP contribution in [0.2, 0.25) is 10.0 Å². The van der Waals surface area contributed by atoms with Crippen molar-refractivity contribution >= 4 is 33.2 Å². The van der Waals surface area contributed by atoms with Gasteiger partial charge in [0.25, 0.3) is 0 Å². The molecule has 0 saturated carbocycles. The van der Waals surface area contributed by atoms with Gasteiger partial charge in [-0.3, -0.25) is 0 Å². The highest BCUT2D eigenvalue weighted by molar-refractivity contribution is 7.89. The van der Waals surface area contributed by atoms with Gasteiger partial charge in [-0.05, 0) is 37.6 Å². The molecule has 0 aromatic heterocycles. The van der Waals surface area contributed by atoms with Gasteiger partial charge in [0.15, 0.2) is 0 Å². The molecule has 1 aromatic carbocycles. The van der Waals surface area contributed by atoms with Crippen LogP contribution in [0.25, 0.3) is 0 Å². The van der Waals surface area contributed by atoms with Gasteiger partial charge in [-0.2, -0.15) is 4.31 Å². The third-order valence-electron chi connectivity index (χ3n) is 3.49. The molecule has 0 spiro atoms. The predicted molar refractivity (Wildman–Crippen MR) is 81.9 cm³/mol. The zero-order valence-corrected chi connectivity index (χ0v) is 13.6. The lowest BCUT2D eigenvalue weighted by molar-refractivity contribution is 0.337. The Bertz CT molecular complexity index is 572. The van der Waals surface area contributed by atoms with Crippen LogP contribution in [0.1, 0.15) is 19.3 Å². The molecule has 1 aliphatic heterocycles. The number of piperidine rings is 1. The molecule has 20 heavy (non-hydrogen) atoms. The molecule has 1 N–H and O–H groups in total. The summed E-state index contributed by atoms with van der Waals surface area (Å²) >= 11 is 11.7. The summed E-state index contributed by atoms with van der Waals surface area (Å²) in [5, 5.41) is 3.94. The number of hydrogen-bond donors (Lipinski definition) is 1. The summed E-state index contributed by atoms with van der Waals surface area (Å²) in [6.07, 6.45) is 3.29. The summed E-state index contributed by atoms with van der Waals surface area (Å²) in [5.74, 6) is 0. The van der Waals surface area contributed by atoms with Crippen molar-refractivity contribution in [2.45, 2.75) is 30.2 Å². The Morgan fingerprint density at radius 2 is 2.05 bits per heavy atom. The van der Waals surface area contributed by atoms with E-state index in [0.29, 0.717) is 11.6 Å². The number of halogens is 2. The molecule has 1 heterocycles. The largest absolute Gasteiger partial charge is 0.313 e. The second-order valence-electron chi connectivity index (χ2n) is 5.01. The fourth-order valence-electron chi connectivity index (χ4n) is 2.31. The lowest BCUT2D eigenvalue weighted by atomic mass is 10.1. The summed E-state index contributed by atoms with van der Waals surface area (Å²) in [5.41, 5.74) is 0. The second-order valence-corrected chi connectivity index (χ2v) is 7.87. The van der Waals surface area contributed by atoms with Crippen LogP contribution in [0.15, 0.2) is 23.1 Å². The maximum Gasteiger partial charge on any atom is 0.242 e. The first-order chi connectivity index (χ1) is 9.41. The highest BCUT2D eigenvalue weighted by Gasteiger charge is 2.25. The number of hydrogen-bond acceptors (Lipinski definition) is 3. The van der Waals surface area contributed by atoms with Crippen molar-refractivity contribution in [3.8, 4) is 0 Å². The molecule has 1 aromatic rings. The van der Waals surface area contributed by atoms with E-state index in [2.05, 4.69) is 5.32 Å². The van der Waals surface area contributed by atoms with E-state index in [-0.39, 0.29) is 16.0 Å². The molecule has 0 radical (unpaired) electrons. The van der Waals surface area contributed by atoms with Crippen molar-refractivity contribution in [2.75, 3.05) is 20.1 Å². The van der Waals surface area contributed by atoms with Crippen LogP contribution in [-0.2, 0) is 10.0 Å². The van der Waals surface area contributed by atoms with Crippen LogP contribution < -0.4 is 5.32 Å². The van der Waals surface area contributed by atoms with E-state index in [0.717, 1.165) is 25.8 Å². The lowest BCUT2D eigenvalue weighted by Crippen LogP contribution is -2.44. The van der Waals surface area contributed by atoms with Gasteiger partial charge in [0.1, 0.15) is 0 Å². The van der Waals surface area contributed by atoms with Gasteiger partial charge in [0, 0.05) is 19.6 Å². The first kappa shape index (κ1) is 16.0. The second kappa shape index (κ2) is 6.62. The van der Waals surface area contributed by atoms with Crippen molar-refractivity contribution in [3.63, 3.8) is 0 Å². The van der Waals surface area contributed by atoms with E-state index in [1.165, 1.54) is 22.5 Å². The van der Waals surface area contributed by atoms with Crippen molar-refractivity contribution in [3.05, 3.63) is 28.2 Å². The summed E-state index contributed by atoms with van der Waals surface area (Å²) in [6, 6.07) is 4.59. The average Bonchev–Trinajstić information content (AvgIpc) is 2.42. The number of sulfonamides is 1. The molecular formula is C13H18Cl2N2O2S. The Kier molecular flexibility index (Phi) is 5.31. The SMILES string of the molecule is CN(CC1CCCCN1)S(=O)(=O)c1ccc(Cl)c(Cl)c1. The first-order valence-corrected chi connectivity index (χ1v) is 8.75. The predicted octanol–water partition coefficient (Wildman–Crippen LogP) is 2.76. The van der Waals surface area contributed by atoms with Gasteiger partial charge in [-0.25, -0.2) is 8.42 Å². The summed E-state index contributed by atoms with van der Waals surface area (Å²) in [4.78, 5) is 0.171. The molecule has 4 nitrogen and oxygen atoms in total. The maximum atomic E-state index is 12.5. The minimum absolute atomic E-state index is 0.171. The lowest BCUT2D eigenvalue weighted by Gasteiger charge is -2.27. The molecular weight excluding hydrogens is 319 g/mol. The molecule has 112 valence electrons. The zero-order chi connectivity index (χ0) is 14.8. The average molecular weight is 337 g/mol. The quantitative estimate of drug-likeness (QED) is 0.919. The van der Waals surface area contributed by atoms with Gasteiger partial charge in [0.2, 0.25) is 10.0 Å². The minimum atomic E-state index is -3.53. The third-order valence-corrected chi connectivity index (χ3v) is 6.05. The van der Waals surface area contributed by atoms with Gasteiger partial charge in [-0.15, -0.1) is 0 Å². The fourth-order valence-corrected chi connectivity index (χ4v) is 3.91. The zero-order valence-electron chi connectivity index (χ0n) is 11.3. The third kappa shape index (κ3) is 3.65. The van der Waals surface area contributed by atoms with Gasteiger partial charge in [-0.1, -0.05) is 29.6 Å². The van der Waals surface area contributed by atoms with Crippen LogP contribution in [0, 0.1) is 0 Å². The molecule has 0 amide bonds. The minimum Gasteiger partial charge on any atom is -0.313 e. The van der Waals surface area contributed by atoms with Crippen LogP contribution in [0.5, 0.6) is 0 Å². The van der Waals surface area contributed by atoms with E-state index in [1.807, 2.05) is 0 Å². The Labute approximate surface area is 130 Å². The molecule has 1 unspecified atom stereocenters. The van der Waals surface area contributed by atoms with Crippen molar-refractivity contribution < 1.29 is 8.42 Å². The van der Waals surface area contributed by atoms with E-state index >= 15 is 0 Å². The molecule has 1 fully saturated rings. The van der Waals surface area contributed by atoms with Crippen LogP contribution in [0.3, 0.4) is 0 Å². The summed E-state index contributed by atoms with van der Waals surface area (Å²) < 4.78 is 26.3. The Morgan fingerprint density at radius 3 is 2.65 bits per heavy atom. The number of likely N-dealkylation sites (N-methyl/N-ethyl adjacent to an activating group) is 1.